The quantitative estimate of drug-likeness (QED) is 0.271. The molecule has 0 aliphatic carbocycles. The minimum absolute atomic E-state index is 0.126. The summed E-state index contributed by atoms with van der Waals surface area (Å²) in [6.45, 7) is 4.77. The molecule has 52 heavy (non-hydrogen) atoms. The second-order valence-corrected chi connectivity index (χ2v) is 15.4. The van der Waals surface area contributed by atoms with Crippen LogP contribution in [-0.4, -0.2) is 119 Å². The van der Waals surface area contributed by atoms with Crippen LogP contribution in [0.2, 0.25) is 10.0 Å². The number of piperazine rings is 1. The van der Waals surface area contributed by atoms with Gasteiger partial charge in [0.2, 0.25) is 5.91 Å². The van der Waals surface area contributed by atoms with Crippen LogP contribution in [0.1, 0.15) is 56.6 Å². The first-order valence-corrected chi connectivity index (χ1v) is 18.9. The summed E-state index contributed by atoms with van der Waals surface area (Å²) >= 11 is 13.5. The van der Waals surface area contributed by atoms with Gasteiger partial charge in [-0.1, -0.05) is 47.5 Å². The van der Waals surface area contributed by atoms with Crippen molar-refractivity contribution in [2.45, 2.75) is 75.4 Å². The smallest absolute Gasteiger partial charge is 0.334 e. The van der Waals surface area contributed by atoms with Crippen molar-refractivity contribution in [1.29, 1.82) is 0 Å². The zero-order valence-electron chi connectivity index (χ0n) is 30.1. The lowest BCUT2D eigenvalue weighted by Crippen LogP contribution is -2.56. The lowest BCUT2D eigenvalue weighted by Gasteiger charge is -2.46. The monoisotopic (exact) mass is 753 g/mol. The topological polar surface area (TPSA) is 140 Å². The number of hydrogen-bond donors (Lipinski definition) is 3. The number of nitrogens with zero attached hydrogens (tertiary/aromatic N) is 4. The second kappa shape index (κ2) is 15.8. The summed E-state index contributed by atoms with van der Waals surface area (Å²) in [5, 5.41) is 22.1. The Morgan fingerprint density at radius 2 is 1.44 bits per heavy atom. The summed E-state index contributed by atoms with van der Waals surface area (Å²) < 4.78 is 5.87. The molecule has 4 aliphatic heterocycles. The Balaban J connectivity index is 1.34. The van der Waals surface area contributed by atoms with Crippen molar-refractivity contribution < 1.29 is 29.3 Å². The fourth-order valence-electron chi connectivity index (χ4n) is 9.15. The molecule has 2 aromatic carbocycles. The molecule has 13 heteroatoms. The molecule has 0 radical (unpaired) electrons. The SMILES string of the molecule is CN1C(CCc2ccccc2OCCN)=C(C(=O)O)C(C)(c2c(Cl)cccc2Cl)C(C(=O)O)=C1CC(=O)N1CCN(C2CC3CCC(C2)N3C)CC1. The van der Waals surface area contributed by atoms with Gasteiger partial charge >= 0.3 is 11.9 Å². The van der Waals surface area contributed by atoms with E-state index in [-0.39, 0.29) is 51.2 Å². The third kappa shape index (κ3) is 7.18. The van der Waals surface area contributed by atoms with E-state index in [0.29, 0.717) is 62.2 Å². The first-order chi connectivity index (χ1) is 24.9. The number of ether oxygens (including phenoxy) is 1. The third-order valence-corrected chi connectivity index (χ3v) is 12.5. The average molecular weight is 755 g/mol. The molecule has 3 fully saturated rings. The molecular weight excluding hydrogens is 705 g/mol. The van der Waals surface area contributed by atoms with Crippen LogP contribution < -0.4 is 10.5 Å². The van der Waals surface area contributed by atoms with Gasteiger partial charge in [-0.05, 0) is 76.3 Å². The predicted molar refractivity (Wildman–Crippen MR) is 201 cm³/mol. The number of rotatable bonds is 12. The van der Waals surface area contributed by atoms with E-state index in [9.17, 15) is 24.6 Å². The van der Waals surface area contributed by atoms with E-state index >= 15 is 0 Å². The summed E-state index contributed by atoms with van der Waals surface area (Å²) in [5.41, 5.74) is 5.02. The number of fused-ring (bicyclic) bond motifs is 2. The van der Waals surface area contributed by atoms with E-state index in [1.54, 1.807) is 35.0 Å². The molecule has 6 rings (SSSR count). The van der Waals surface area contributed by atoms with Gasteiger partial charge in [0, 0.05) is 84.9 Å². The van der Waals surface area contributed by atoms with Gasteiger partial charge in [-0.15, -0.1) is 0 Å². The summed E-state index contributed by atoms with van der Waals surface area (Å²) in [6, 6.07) is 14.0. The molecule has 4 N–H and O–H groups in total. The number of aliphatic carboxylic acids is 2. The zero-order chi connectivity index (χ0) is 37.3. The molecule has 3 saturated heterocycles. The van der Waals surface area contributed by atoms with E-state index in [2.05, 4.69) is 16.8 Å². The Morgan fingerprint density at radius 1 is 0.846 bits per heavy atom. The Labute approximate surface area is 315 Å². The van der Waals surface area contributed by atoms with Gasteiger partial charge in [-0.3, -0.25) is 9.69 Å². The molecule has 3 atom stereocenters. The third-order valence-electron chi connectivity index (χ3n) is 11.8. The Bertz CT molecular complexity index is 1740. The van der Waals surface area contributed by atoms with Gasteiger partial charge in [0.25, 0.3) is 0 Å². The van der Waals surface area contributed by atoms with E-state index in [4.69, 9.17) is 33.7 Å². The molecule has 11 nitrogen and oxygen atoms in total. The number of para-hydroxylation sites is 1. The number of carbonyl (C=O) groups excluding carboxylic acids is 1. The van der Waals surface area contributed by atoms with Crippen LogP contribution in [-0.2, 0) is 26.2 Å². The van der Waals surface area contributed by atoms with Crippen molar-refractivity contribution in [3.63, 3.8) is 0 Å². The summed E-state index contributed by atoms with van der Waals surface area (Å²) in [6.07, 6.45) is 5.12. The van der Waals surface area contributed by atoms with Crippen LogP contribution in [0.25, 0.3) is 0 Å². The number of halogens is 2. The summed E-state index contributed by atoms with van der Waals surface area (Å²) in [7, 11) is 3.87. The van der Waals surface area contributed by atoms with Crippen LogP contribution in [0.15, 0.2) is 65.0 Å². The highest BCUT2D eigenvalue weighted by molar-refractivity contribution is 6.36. The molecule has 2 aromatic rings. The minimum Gasteiger partial charge on any atom is -0.492 e. The Morgan fingerprint density at radius 3 is 2.04 bits per heavy atom. The van der Waals surface area contributed by atoms with Crippen molar-refractivity contribution in [2.75, 3.05) is 53.4 Å². The highest BCUT2D eigenvalue weighted by atomic mass is 35.5. The highest BCUT2D eigenvalue weighted by Crippen LogP contribution is 2.52. The number of nitrogens with two attached hydrogens (primary N) is 1. The fourth-order valence-corrected chi connectivity index (χ4v) is 9.92. The predicted octanol–water partition coefficient (Wildman–Crippen LogP) is 5.00. The van der Waals surface area contributed by atoms with E-state index in [0.717, 1.165) is 31.5 Å². The standard InChI is InChI=1S/C39H49Cl2N5O6/c1-39(34-28(40)8-6-9-29(34)41)35(37(48)49)30(14-11-24-7-4-5-10-32(24)52-20-15-42)44(3)31(36(39)38(50)51)23-33(47)46-18-16-45(17-19-46)27-21-25-12-13-26(22-27)43(25)2/h4-10,25-27H,11-23,42H2,1-3H3,(H,48,49)(H,50,51). The maximum Gasteiger partial charge on any atom is 0.334 e. The van der Waals surface area contributed by atoms with Crippen molar-refractivity contribution in [2.24, 2.45) is 5.73 Å². The average Bonchev–Trinajstić information content (AvgIpc) is 3.29. The van der Waals surface area contributed by atoms with Crippen molar-refractivity contribution in [3.05, 3.63) is 86.2 Å². The molecule has 3 unspecified atom stereocenters. The first kappa shape index (κ1) is 38.1. The number of carboxylic acids is 2. The first-order valence-electron chi connectivity index (χ1n) is 18.1. The number of carbonyl (C=O) groups is 3. The fraction of sp³-hybridized carbons (Fsp3) is 0.513. The van der Waals surface area contributed by atoms with Crippen molar-refractivity contribution >= 4 is 41.0 Å². The van der Waals surface area contributed by atoms with Crippen LogP contribution in [0, 0.1) is 0 Å². The zero-order valence-corrected chi connectivity index (χ0v) is 31.6. The van der Waals surface area contributed by atoms with Gasteiger partial charge in [0.1, 0.15) is 12.4 Å². The van der Waals surface area contributed by atoms with Crippen molar-refractivity contribution in [1.82, 2.24) is 19.6 Å². The van der Waals surface area contributed by atoms with E-state index < -0.39 is 17.4 Å². The number of aryl methyl sites for hydroxylation is 1. The lowest BCUT2D eigenvalue weighted by molar-refractivity contribution is -0.134. The minimum atomic E-state index is -1.81. The lowest BCUT2D eigenvalue weighted by atomic mass is 9.66. The van der Waals surface area contributed by atoms with Gasteiger partial charge in [-0.25, -0.2) is 9.59 Å². The Kier molecular flexibility index (Phi) is 11.6. The second-order valence-electron chi connectivity index (χ2n) is 14.5. The van der Waals surface area contributed by atoms with E-state index in [1.165, 1.54) is 19.8 Å². The molecule has 2 bridgehead atoms. The largest absolute Gasteiger partial charge is 0.492 e. The maximum absolute atomic E-state index is 14.2. The van der Waals surface area contributed by atoms with E-state index in [1.807, 2.05) is 24.3 Å². The van der Waals surface area contributed by atoms with Crippen LogP contribution >= 0.6 is 23.2 Å². The number of allylic oxidation sites excluding steroid dienone is 1. The maximum atomic E-state index is 14.2. The Hall–Kier alpha value is -3.61. The molecule has 4 aliphatic rings. The number of hydrogen-bond acceptors (Lipinski definition) is 8. The highest BCUT2D eigenvalue weighted by Gasteiger charge is 2.52. The molecule has 0 spiro atoms. The van der Waals surface area contributed by atoms with Gasteiger partial charge < -0.3 is 35.4 Å². The number of benzene rings is 2. The van der Waals surface area contributed by atoms with Crippen LogP contribution in [0.4, 0.5) is 0 Å². The number of amides is 1. The van der Waals surface area contributed by atoms with Gasteiger partial charge in [-0.2, -0.15) is 0 Å². The summed E-state index contributed by atoms with van der Waals surface area (Å²) in [4.78, 5) is 49.5. The number of carboxylic acid groups (broad SMARTS) is 2. The number of piperidine rings is 1. The van der Waals surface area contributed by atoms with Gasteiger partial charge in [0.05, 0.1) is 23.0 Å². The molecular formula is C39H49Cl2N5O6. The molecule has 0 aromatic heterocycles. The molecule has 1 amide bonds. The van der Waals surface area contributed by atoms with Crippen molar-refractivity contribution in [3.8, 4) is 5.75 Å². The molecule has 0 saturated carbocycles. The molecule has 4 heterocycles. The van der Waals surface area contributed by atoms with Gasteiger partial charge in [0.15, 0.2) is 0 Å². The van der Waals surface area contributed by atoms with Crippen LogP contribution in [0.5, 0.6) is 5.75 Å². The summed E-state index contributed by atoms with van der Waals surface area (Å²) in [5.74, 6) is -2.25. The normalized spacial score (nSPS) is 25.5. The molecule has 280 valence electrons. The van der Waals surface area contributed by atoms with Crippen LogP contribution in [0.3, 0.4) is 0 Å².